The Morgan fingerprint density at radius 2 is 0.789 bits per heavy atom. The third-order valence-corrected chi connectivity index (χ3v) is 11.2. The van der Waals surface area contributed by atoms with Crippen LogP contribution >= 0.6 is 0 Å². The van der Waals surface area contributed by atoms with E-state index in [0.717, 1.165) is 0 Å². The van der Waals surface area contributed by atoms with Gasteiger partial charge in [-0.1, -0.05) is 36.4 Å². The predicted octanol–water partition coefficient (Wildman–Crippen LogP) is 8.64. The summed E-state index contributed by atoms with van der Waals surface area (Å²) < 4.78 is 17.7. The van der Waals surface area contributed by atoms with E-state index in [-0.39, 0.29) is 48.9 Å². The molecule has 0 amide bonds. The van der Waals surface area contributed by atoms with Gasteiger partial charge in [-0.2, -0.15) is 10.5 Å². The Bertz CT molecular complexity index is 3960. The van der Waals surface area contributed by atoms with Crippen molar-refractivity contribution < 1.29 is 4.39 Å². The van der Waals surface area contributed by atoms with Crippen molar-refractivity contribution in [1.29, 1.82) is 10.5 Å². The molecule has 7 aromatic carbocycles. The van der Waals surface area contributed by atoms with Gasteiger partial charge in [-0.25, -0.2) is 4.39 Å². The Labute approximate surface area is 318 Å². The molecule has 264 valence electrons. The molecule has 0 spiro atoms. The molecule has 11 aromatic rings. The minimum absolute atomic E-state index is 0.220. The summed E-state index contributed by atoms with van der Waals surface area (Å²) in [5.74, 6) is -0.419. The van der Waals surface area contributed by atoms with E-state index in [0.29, 0.717) is 71.5 Å². The monoisotopic (exact) mass is 736 g/mol. The molecule has 0 unspecified atom stereocenters. The van der Waals surface area contributed by atoms with Gasteiger partial charge in [0.05, 0.1) is 56.4 Å². The highest BCUT2D eigenvalue weighted by Crippen LogP contribution is 2.36. The van der Waals surface area contributed by atoms with Crippen molar-refractivity contribution >= 4 is 76.2 Å². The van der Waals surface area contributed by atoms with Crippen molar-refractivity contribution in [1.82, 2.24) is 8.80 Å². The molecule has 4 aromatic heterocycles. The Morgan fingerprint density at radius 3 is 1.25 bits per heavy atom. The molecule has 0 bridgehead atoms. The normalized spacial score (nSPS) is 11.8. The SMILES string of the molecule is N#Cc1cc(C#N)cc(-c2cc3c(=O)c4ccccc4n4c5cc6c(cc5c(=O)c(c2)c34)c(=O)c2cc(-c3ccc(F)cc3)cc3c(=O)c4ccccc4n6c32)c1. The van der Waals surface area contributed by atoms with E-state index in [2.05, 4.69) is 12.1 Å². The van der Waals surface area contributed by atoms with Crippen LogP contribution in [0.5, 0.6) is 0 Å². The highest BCUT2D eigenvalue weighted by atomic mass is 19.1. The van der Waals surface area contributed by atoms with Gasteiger partial charge in [0.15, 0.2) is 21.7 Å². The summed E-state index contributed by atoms with van der Waals surface area (Å²) in [6.45, 7) is 0. The number of para-hydroxylation sites is 2. The molecule has 8 nitrogen and oxygen atoms in total. The average Bonchev–Trinajstić information content (AvgIpc) is 3.25. The third kappa shape index (κ3) is 4.34. The van der Waals surface area contributed by atoms with Gasteiger partial charge in [0.1, 0.15) is 5.82 Å². The molecule has 0 radical (unpaired) electrons. The van der Waals surface area contributed by atoms with Crippen LogP contribution in [-0.4, -0.2) is 8.80 Å². The number of benzene rings is 7. The van der Waals surface area contributed by atoms with Crippen LogP contribution in [0.3, 0.4) is 0 Å². The number of nitriles is 2. The summed E-state index contributed by atoms with van der Waals surface area (Å²) >= 11 is 0. The van der Waals surface area contributed by atoms with Gasteiger partial charge in [-0.05, 0) is 113 Å². The lowest BCUT2D eigenvalue weighted by atomic mass is 9.94. The van der Waals surface area contributed by atoms with Crippen molar-refractivity contribution in [3.63, 3.8) is 0 Å². The molecule has 0 atom stereocenters. The standard InChI is InChI=1S/C48H21FN4O4/c49-30-11-9-26(10-12-30)28-16-35-43-37(17-28)47(56)33-20-34-42(21-41(33)52(43)39-7-3-1-5-31(39)45(35)54)53-40-8-4-2-6-32(40)46(55)36-18-29(19-38(44(36)53)48(34)57)27-14-24(22-50)13-25(15-27)23-51/h1-21H. The van der Waals surface area contributed by atoms with Crippen LogP contribution in [0.1, 0.15) is 11.1 Å². The number of hydrogen-bond donors (Lipinski definition) is 0. The van der Waals surface area contributed by atoms with Gasteiger partial charge in [0.25, 0.3) is 0 Å². The number of aromatic nitrogens is 2. The summed E-state index contributed by atoms with van der Waals surface area (Å²) in [4.78, 5) is 58.3. The Morgan fingerprint density at radius 1 is 0.386 bits per heavy atom. The highest BCUT2D eigenvalue weighted by Gasteiger charge is 2.23. The number of nitrogens with zero attached hydrogens (tertiary/aromatic N) is 4. The molecular formula is C48H21FN4O4. The van der Waals surface area contributed by atoms with Crippen molar-refractivity contribution in [2.24, 2.45) is 0 Å². The van der Waals surface area contributed by atoms with Crippen molar-refractivity contribution in [3.05, 3.63) is 185 Å². The van der Waals surface area contributed by atoms with E-state index >= 15 is 0 Å². The quantitative estimate of drug-likeness (QED) is 0.129. The Hall–Kier alpha value is -8.27. The van der Waals surface area contributed by atoms with Crippen molar-refractivity contribution in [2.75, 3.05) is 0 Å². The summed E-state index contributed by atoms with van der Waals surface area (Å²) in [5, 5.41) is 21.8. The minimum atomic E-state index is -0.419. The maximum Gasteiger partial charge on any atom is 0.197 e. The van der Waals surface area contributed by atoms with Crippen LogP contribution < -0.4 is 21.7 Å². The molecule has 4 heterocycles. The van der Waals surface area contributed by atoms with E-state index in [1.54, 1.807) is 84.9 Å². The predicted molar refractivity (Wildman–Crippen MR) is 221 cm³/mol. The first kappa shape index (κ1) is 32.2. The van der Waals surface area contributed by atoms with Gasteiger partial charge in [-0.3, -0.25) is 19.2 Å². The van der Waals surface area contributed by atoms with Gasteiger partial charge in [0, 0.05) is 43.1 Å². The topological polar surface area (TPSA) is 125 Å². The second-order valence-corrected chi connectivity index (χ2v) is 14.3. The lowest BCUT2D eigenvalue weighted by Crippen LogP contribution is -2.17. The molecule has 0 saturated carbocycles. The molecule has 0 aliphatic carbocycles. The first-order valence-electron chi connectivity index (χ1n) is 18.0. The summed E-state index contributed by atoms with van der Waals surface area (Å²) in [7, 11) is 0. The molecule has 0 N–H and O–H groups in total. The zero-order valence-electron chi connectivity index (χ0n) is 29.4. The fourth-order valence-corrected chi connectivity index (χ4v) is 8.70. The largest absolute Gasteiger partial charge is 0.307 e. The number of hydrogen-bond acceptors (Lipinski definition) is 6. The van der Waals surface area contributed by atoms with Gasteiger partial charge in [0.2, 0.25) is 0 Å². The number of halogens is 1. The van der Waals surface area contributed by atoms with E-state index in [1.807, 2.05) is 33.1 Å². The maximum atomic E-state index is 14.9. The van der Waals surface area contributed by atoms with Crippen LogP contribution in [0.15, 0.2) is 147 Å². The van der Waals surface area contributed by atoms with Gasteiger partial charge < -0.3 is 8.80 Å². The molecule has 57 heavy (non-hydrogen) atoms. The number of fused-ring (bicyclic) bond motifs is 8. The zero-order chi connectivity index (χ0) is 38.9. The molecule has 9 heteroatoms. The van der Waals surface area contributed by atoms with E-state index in [1.165, 1.54) is 18.2 Å². The number of rotatable bonds is 2. The van der Waals surface area contributed by atoms with Crippen LogP contribution in [-0.2, 0) is 0 Å². The summed E-state index contributed by atoms with van der Waals surface area (Å²) in [5.41, 5.74) is 4.13. The summed E-state index contributed by atoms with van der Waals surface area (Å²) in [6.07, 6.45) is 0. The van der Waals surface area contributed by atoms with Gasteiger partial charge in [-0.15, -0.1) is 0 Å². The van der Waals surface area contributed by atoms with Crippen molar-refractivity contribution in [2.45, 2.75) is 0 Å². The Balaban J connectivity index is 1.37. The molecule has 0 aliphatic heterocycles. The third-order valence-electron chi connectivity index (χ3n) is 11.2. The molecule has 0 fully saturated rings. The second kappa shape index (κ2) is 11.4. The lowest BCUT2D eigenvalue weighted by Gasteiger charge is -2.19. The zero-order valence-corrected chi connectivity index (χ0v) is 29.4. The lowest BCUT2D eigenvalue weighted by molar-refractivity contribution is 0.628. The second-order valence-electron chi connectivity index (χ2n) is 14.3. The Kier molecular flexibility index (Phi) is 6.42. The summed E-state index contributed by atoms with van der Waals surface area (Å²) in [6, 6.07) is 39.1. The van der Waals surface area contributed by atoms with Gasteiger partial charge >= 0.3 is 0 Å². The van der Waals surface area contributed by atoms with E-state index in [9.17, 15) is 34.1 Å². The van der Waals surface area contributed by atoms with Crippen LogP contribution in [0.2, 0.25) is 0 Å². The van der Waals surface area contributed by atoms with Crippen molar-refractivity contribution in [3.8, 4) is 34.4 Å². The molecule has 11 rings (SSSR count). The van der Waals surface area contributed by atoms with Crippen LogP contribution in [0.25, 0.3) is 98.4 Å². The molecule has 0 saturated heterocycles. The van der Waals surface area contributed by atoms with E-state index < -0.39 is 16.7 Å². The van der Waals surface area contributed by atoms with Crippen LogP contribution in [0.4, 0.5) is 4.39 Å². The fourth-order valence-electron chi connectivity index (χ4n) is 8.70. The maximum absolute atomic E-state index is 14.9. The first-order chi connectivity index (χ1) is 27.7. The number of pyridine rings is 4. The minimum Gasteiger partial charge on any atom is -0.307 e. The fraction of sp³-hybridized carbons (Fsp3) is 0. The first-order valence-corrected chi connectivity index (χ1v) is 18.0. The van der Waals surface area contributed by atoms with Crippen LogP contribution in [0, 0.1) is 28.5 Å². The average molecular weight is 737 g/mol. The van der Waals surface area contributed by atoms with E-state index in [4.69, 9.17) is 0 Å². The smallest absolute Gasteiger partial charge is 0.197 e. The molecular weight excluding hydrogens is 716 g/mol. The highest BCUT2D eigenvalue weighted by molar-refractivity contribution is 6.14. The molecule has 0 aliphatic rings.